The van der Waals surface area contributed by atoms with Crippen molar-refractivity contribution in [3.8, 4) is 0 Å². The van der Waals surface area contributed by atoms with Gasteiger partial charge in [0.15, 0.2) is 0 Å². The molecule has 2 rings (SSSR count). The fraction of sp³-hybridized carbons (Fsp3) is 0.0909. The van der Waals surface area contributed by atoms with Crippen LogP contribution in [0.3, 0.4) is 0 Å². The average Bonchev–Trinajstić information content (AvgIpc) is 2.28. The van der Waals surface area contributed by atoms with E-state index in [2.05, 4.69) is 4.98 Å². The van der Waals surface area contributed by atoms with Crippen LogP contribution in [0.15, 0.2) is 30.5 Å². The SMILES string of the molecule is O=C(O)Cc1ccc([N+](=O)[O-])c2cccnc12. The summed E-state index contributed by atoms with van der Waals surface area (Å²) in [6.45, 7) is 0. The number of nitro benzene ring substituents is 1. The van der Waals surface area contributed by atoms with Crippen LogP contribution in [-0.4, -0.2) is 21.0 Å². The lowest BCUT2D eigenvalue weighted by atomic mass is 10.1. The van der Waals surface area contributed by atoms with Gasteiger partial charge < -0.3 is 5.11 Å². The number of rotatable bonds is 3. The first-order valence-corrected chi connectivity index (χ1v) is 4.82. The molecule has 0 unspecified atom stereocenters. The molecule has 86 valence electrons. The summed E-state index contributed by atoms with van der Waals surface area (Å²) in [6.07, 6.45) is 1.28. The number of hydrogen-bond donors (Lipinski definition) is 1. The van der Waals surface area contributed by atoms with Crippen LogP contribution in [0.1, 0.15) is 5.56 Å². The molecule has 0 saturated heterocycles. The molecular weight excluding hydrogens is 224 g/mol. The highest BCUT2D eigenvalue weighted by atomic mass is 16.6. The predicted molar refractivity (Wildman–Crippen MR) is 59.7 cm³/mol. The molecule has 17 heavy (non-hydrogen) atoms. The molecule has 0 bridgehead atoms. The number of benzene rings is 1. The smallest absolute Gasteiger partial charge is 0.307 e. The van der Waals surface area contributed by atoms with Gasteiger partial charge in [-0.15, -0.1) is 0 Å². The Balaban J connectivity index is 2.70. The Kier molecular flexibility index (Phi) is 2.70. The summed E-state index contributed by atoms with van der Waals surface area (Å²) < 4.78 is 0. The molecule has 6 nitrogen and oxygen atoms in total. The van der Waals surface area contributed by atoms with Gasteiger partial charge in [-0.1, -0.05) is 0 Å². The number of fused-ring (bicyclic) bond motifs is 1. The summed E-state index contributed by atoms with van der Waals surface area (Å²) in [7, 11) is 0. The fourth-order valence-electron chi connectivity index (χ4n) is 1.68. The Hall–Kier alpha value is -2.50. The monoisotopic (exact) mass is 232 g/mol. The summed E-state index contributed by atoms with van der Waals surface area (Å²) in [5.74, 6) is -0.995. The van der Waals surface area contributed by atoms with Gasteiger partial charge in [-0.3, -0.25) is 19.9 Å². The summed E-state index contributed by atoms with van der Waals surface area (Å²) in [5, 5.41) is 19.9. The number of carbonyl (C=O) groups is 1. The van der Waals surface area contributed by atoms with Gasteiger partial charge in [0, 0.05) is 12.3 Å². The van der Waals surface area contributed by atoms with Crippen molar-refractivity contribution in [3.05, 3.63) is 46.1 Å². The van der Waals surface area contributed by atoms with Crippen molar-refractivity contribution < 1.29 is 14.8 Å². The first-order valence-electron chi connectivity index (χ1n) is 4.82. The number of nitro groups is 1. The van der Waals surface area contributed by atoms with Crippen molar-refractivity contribution >= 4 is 22.6 Å². The first-order chi connectivity index (χ1) is 8.09. The molecule has 1 aromatic heterocycles. The standard InChI is InChI=1S/C11H8N2O4/c14-10(15)6-7-3-4-9(13(16)17)8-2-1-5-12-11(7)8/h1-5H,6H2,(H,14,15). The maximum Gasteiger partial charge on any atom is 0.307 e. The highest BCUT2D eigenvalue weighted by molar-refractivity contribution is 5.92. The van der Waals surface area contributed by atoms with Gasteiger partial charge in [0.1, 0.15) is 0 Å². The molecule has 0 aliphatic heterocycles. The van der Waals surface area contributed by atoms with E-state index in [9.17, 15) is 14.9 Å². The maximum absolute atomic E-state index is 10.8. The van der Waals surface area contributed by atoms with E-state index < -0.39 is 10.9 Å². The Bertz CT molecular complexity index is 609. The summed E-state index contributed by atoms with van der Waals surface area (Å²) in [6, 6.07) is 5.88. The highest BCUT2D eigenvalue weighted by Gasteiger charge is 2.15. The number of non-ortho nitro benzene ring substituents is 1. The second-order valence-electron chi connectivity index (χ2n) is 3.47. The molecule has 0 atom stereocenters. The van der Waals surface area contributed by atoms with Crippen molar-refractivity contribution in [2.24, 2.45) is 0 Å². The molecule has 0 aliphatic carbocycles. The Morgan fingerprint density at radius 3 is 2.82 bits per heavy atom. The molecule has 1 aromatic carbocycles. The summed E-state index contributed by atoms with van der Waals surface area (Å²) in [4.78, 5) is 25.0. The fourth-order valence-corrected chi connectivity index (χ4v) is 1.68. The third kappa shape index (κ3) is 2.05. The van der Waals surface area contributed by atoms with Gasteiger partial charge in [-0.25, -0.2) is 0 Å². The largest absolute Gasteiger partial charge is 0.481 e. The molecule has 6 heteroatoms. The quantitative estimate of drug-likeness (QED) is 0.642. The van der Waals surface area contributed by atoms with Gasteiger partial charge in [-0.05, 0) is 23.8 Å². The van der Waals surface area contributed by atoms with Crippen LogP contribution in [-0.2, 0) is 11.2 Å². The molecule has 0 aliphatic rings. The Morgan fingerprint density at radius 2 is 2.18 bits per heavy atom. The van der Waals surface area contributed by atoms with E-state index in [0.29, 0.717) is 16.5 Å². The number of pyridine rings is 1. The second-order valence-corrected chi connectivity index (χ2v) is 3.47. The van der Waals surface area contributed by atoms with Crippen molar-refractivity contribution in [2.45, 2.75) is 6.42 Å². The first kappa shape index (κ1) is 11.0. The molecule has 0 amide bonds. The second kappa shape index (κ2) is 4.17. The topological polar surface area (TPSA) is 93.3 Å². The zero-order valence-electron chi connectivity index (χ0n) is 8.66. The zero-order valence-corrected chi connectivity index (χ0v) is 8.66. The highest BCUT2D eigenvalue weighted by Crippen LogP contribution is 2.26. The van der Waals surface area contributed by atoms with Gasteiger partial charge in [0.05, 0.1) is 22.2 Å². The normalized spacial score (nSPS) is 10.4. The van der Waals surface area contributed by atoms with Crippen LogP contribution in [0.25, 0.3) is 10.9 Å². The predicted octanol–water partition coefficient (Wildman–Crippen LogP) is 1.77. The molecule has 1 N–H and O–H groups in total. The minimum atomic E-state index is -0.995. The Morgan fingerprint density at radius 1 is 1.41 bits per heavy atom. The lowest BCUT2D eigenvalue weighted by Gasteiger charge is -2.03. The van der Waals surface area contributed by atoms with Crippen molar-refractivity contribution in [3.63, 3.8) is 0 Å². The molecule has 0 saturated carbocycles. The molecule has 0 fully saturated rings. The molecule has 0 spiro atoms. The van der Waals surface area contributed by atoms with Crippen LogP contribution in [0.4, 0.5) is 5.69 Å². The summed E-state index contributed by atoms with van der Waals surface area (Å²) >= 11 is 0. The van der Waals surface area contributed by atoms with Crippen LogP contribution in [0, 0.1) is 10.1 Å². The minimum Gasteiger partial charge on any atom is -0.481 e. The number of aromatic nitrogens is 1. The molecule has 1 heterocycles. The minimum absolute atomic E-state index is 0.0674. The van der Waals surface area contributed by atoms with Crippen molar-refractivity contribution in [1.29, 1.82) is 0 Å². The lowest BCUT2D eigenvalue weighted by Crippen LogP contribution is -2.02. The molecule has 0 radical (unpaired) electrons. The zero-order chi connectivity index (χ0) is 12.4. The van der Waals surface area contributed by atoms with E-state index in [4.69, 9.17) is 5.11 Å². The summed E-state index contributed by atoms with van der Waals surface area (Å²) in [5.41, 5.74) is 0.769. The molecular formula is C11H8N2O4. The number of hydrogen-bond acceptors (Lipinski definition) is 4. The average molecular weight is 232 g/mol. The van der Waals surface area contributed by atoms with E-state index in [0.717, 1.165) is 0 Å². The molecule has 2 aromatic rings. The van der Waals surface area contributed by atoms with Crippen LogP contribution in [0.2, 0.25) is 0 Å². The van der Waals surface area contributed by atoms with Crippen LogP contribution in [0.5, 0.6) is 0 Å². The number of nitrogens with zero attached hydrogens (tertiary/aromatic N) is 2. The van der Waals surface area contributed by atoms with Crippen molar-refractivity contribution in [1.82, 2.24) is 4.98 Å². The van der Waals surface area contributed by atoms with E-state index in [1.54, 1.807) is 12.1 Å². The third-order valence-corrected chi connectivity index (χ3v) is 2.37. The van der Waals surface area contributed by atoms with Gasteiger partial charge >= 0.3 is 5.97 Å². The van der Waals surface area contributed by atoms with E-state index >= 15 is 0 Å². The number of carboxylic acids is 1. The van der Waals surface area contributed by atoms with Crippen LogP contribution >= 0.6 is 0 Å². The number of aliphatic carboxylic acids is 1. The van der Waals surface area contributed by atoms with E-state index in [-0.39, 0.29) is 12.1 Å². The number of carboxylic acid groups (broad SMARTS) is 1. The van der Waals surface area contributed by atoms with E-state index in [1.807, 2.05) is 0 Å². The third-order valence-electron chi connectivity index (χ3n) is 2.37. The van der Waals surface area contributed by atoms with Crippen molar-refractivity contribution in [2.75, 3.05) is 0 Å². The van der Waals surface area contributed by atoms with Gasteiger partial charge in [0.2, 0.25) is 0 Å². The maximum atomic E-state index is 10.8. The van der Waals surface area contributed by atoms with Gasteiger partial charge in [-0.2, -0.15) is 0 Å². The lowest BCUT2D eigenvalue weighted by molar-refractivity contribution is -0.383. The Labute approximate surface area is 95.7 Å². The van der Waals surface area contributed by atoms with Gasteiger partial charge in [0.25, 0.3) is 5.69 Å². The van der Waals surface area contributed by atoms with E-state index in [1.165, 1.54) is 18.3 Å². The van der Waals surface area contributed by atoms with Crippen LogP contribution < -0.4 is 0 Å².